The molecule has 0 fully saturated rings. The second kappa shape index (κ2) is 3.26. The fourth-order valence-corrected chi connectivity index (χ4v) is 2.08. The van der Waals surface area contributed by atoms with Gasteiger partial charge in [-0.05, 0) is 24.6 Å². The molecule has 14 heavy (non-hydrogen) atoms. The van der Waals surface area contributed by atoms with Gasteiger partial charge in [-0.25, -0.2) is 0 Å². The Bertz CT molecular complexity index is 488. The molecule has 0 unspecified atom stereocenters. The highest BCUT2D eigenvalue weighted by Gasteiger charge is 2.09. The molecule has 0 aliphatic rings. The van der Waals surface area contributed by atoms with Crippen LogP contribution in [0.4, 0.5) is 0 Å². The van der Waals surface area contributed by atoms with Crippen LogP contribution in [-0.4, -0.2) is 9.78 Å². The quantitative estimate of drug-likeness (QED) is 0.781. The fraction of sp³-hybridized carbons (Fsp3) is 0.300. The maximum absolute atomic E-state index is 6.15. The molecule has 1 heterocycles. The lowest BCUT2D eigenvalue weighted by Gasteiger charge is -2.01. The van der Waals surface area contributed by atoms with Crippen LogP contribution in [0.15, 0.2) is 12.1 Å². The van der Waals surface area contributed by atoms with E-state index in [1.165, 1.54) is 0 Å². The van der Waals surface area contributed by atoms with Crippen LogP contribution in [0.5, 0.6) is 0 Å². The molecule has 0 amide bonds. The van der Waals surface area contributed by atoms with Gasteiger partial charge in [-0.1, -0.05) is 11.6 Å². The van der Waals surface area contributed by atoms with Crippen LogP contribution in [0, 0.1) is 6.92 Å². The first kappa shape index (κ1) is 9.49. The van der Waals surface area contributed by atoms with Gasteiger partial charge in [-0.2, -0.15) is 5.10 Å². The van der Waals surface area contributed by atoms with Crippen molar-refractivity contribution < 1.29 is 0 Å². The van der Waals surface area contributed by atoms with E-state index in [-0.39, 0.29) is 0 Å². The Labute approximate surface area is 87.5 Å². The summed E-state index contributed by atoms with van der Waals surface area (Å²) in [6, 6.07) is 3.93. The zero-order chi connectivity index (χ0) is 10.3. The van der Waals surface area contributed by atoms with Crippen LogP contribution in [0.3, 0.4) is 0 Å². The van der Waals surface area contributed by atoms with E-state index < -0.39 is 0 Å². The van der Waals surface area contributed by atoms with Crippen molar-refractivity contribution in [2.45, 2.75) is 13.5 Å². The number of hydrogen-bond acceptors (Lipinski definition) is 2. The smallest absolute Gasteiger partial charge is 0.0700 e. The average Bonchev–Trinajstić information content (AvgIpc) is 2.42. The van der Waals surface area contributed by atoms with Crippen molar-refractivity contribution in [3.8, 4) is 0 Å². The van der Waals surface area contributed by atoms with Gasteiger partial charge in [0, 0.05) is 19.0 Å². The van der Waals surface area contributed by atoms with Crippen molar-refractivity contribution >= 4 is 22.5 Å². The summed E-state index contributed by atoms with van der Waals surface area (Å²) in [5, 5.41) is 6.07. The lowest BCUT2D eigenvalue weighted by Crippen LogP contribution is -1.97. The van der Waals surface area contributed by atoms with E-state index in [1.54, 1.807) is 0 Å². The monoisotopic (exact) mass is 209 g/mol. The zero-order valence-corrected chi connectivity index (χ0v) is 8.97. The number of aromatic nitrogens is 2. The Hall–Kier alpha value is -1.06. The van der Waals surface area contributed by atoms with E-state index >= 15 is 0 Å². The molecule has 0 bridgehead atoms. The molecule has 0 saturated heterocycles. The number of rotatable bonds is 1. The van der Waals surface area contributed by atoms with Crippen LogP contribution >= 0.6 is 11.6 Å². The number of benzene rings is 1. The second-order valence-electron chi connectivity index (χ2n) is 3.38. The van der Waals surface area contributed by atoms with Crippen molar-refractivity contribution in [2.75, 3.05) is 0 Å². The van der Waals surface area contributed by atoms with E-state index in [4.69, 9.17) is 17.3 Å². The van der Waals surface area contributed by atoms with E-state index in [9.17, 15) is 0 Å². The summed E-state index contributed by atoms with van der Waals surface area (Å²) in [7, 11) is 1.91. The molecule has 3 nitrogen and oxygen atoms in total. The highest BCUT2D eigenvalue weighted by atomic mass is 35.5. The van der Waals surface area contributed by atoms with Crippen molar-refractivity contribution in [1.29, 1.82) is 0 Å². The van der Waals surface area contributed by atoms with Crippen LogP contribution in [0.25, 0.3) is 10.9 Å². The van der Waals surface area contributed by atoms with Gasteiger partial charge in [0.15, 0.2) is 0 Å². The first-order chi connectivity index (χ1) is 6.63. The highest BCUT2D eigenvalue weighted by molar-refractivity contribution is 6.35. The summed E-state index contributed by atoms with van der Waals surface area (Å²) in [6.45, 7) is 2.45. The normalized spacial score (nSPS) is 11.1. The molecule has 0 saturated carbocycles. The first-order valence-electron chi connectivity index (χ1n) is 4.45. The van der Waals surface area contributed by atoms with Gasteiger partial charge in [0.05, 0.1) is 16.2 Å². The standard InChI is InChI=1S/C10H12ClN3/c1-6-10-8(11)3-7(5-12)4-9(10)14(2)13-6/h3-4H,5,12H2,1-2H3. The van der Waals surface area contributed by atoms with E-state index in [0.29, 0.717) is 6.54 Å². The minimum absolute atomic E-state index is 0.500. The van der Waals surface area contributed by atoms with Crippen LogP contribution < -0.4 is 5.73 Å². The Morgan fingerprint density at radius 3 is 2.86 bits per heavy atom. The van der Waals surface area contributed by atoms with Gasteiger partial charge in [0.1, 0.15) is 0 Å². The number of nitrogens with two attached hydrogens (primary N) is 1. The lowest BCUT2D eigenvalue weighted by molar-refractivity contribution is 0.782. The molecule has 0 spiro atoms. The molecule has 1 aromatic heterocycles. The van der Waals surface area contributed by atoms with Crippen molar-refractivity contribution in [3.63, 3.8) is 0 Å². The van der Waals surface area contributed by atoms with Crippen molar-refractivity contribution in [1.82, 2.24) is 9.78 Å². The zero-order valence-electron chi connectivity index (χ0n) is 8.21. The molecule has 0 radical (unpaired) electrons. The third-order valence-electron chi connectivity index (χ3n) is 2.38. The topological polar surface area (TPSA) is 43.8 Å². The maximum Gasteiger partial charge on any atom is 0.0700 e. The van der Waals surface area contributed by atoms with E-state index in [0.717, 1.165) is 27.2 Å². The predicted octanol–water partition coefficient (Wildman–Crippen LogP) is 1.99. The fourth-order valence-electron chi connectivity index (χ4n) is 1.71. The SMILES string of the molecule is Cc1nn(C)c2cc(CN)cc(Cl)c12. The lowest BCUT2D eigenvalue weighted by atomic mass is 10.1. The average molecular weight is 210 g/mol. The molecule has 0 aliphatic carbocycles. The molecule has 4 heteroatoms. The molecule has 74 valence electrons. The Balaban J connectivity index is 2.86. The Morgan fingerprint density at radius 1 is 1.50 bits per heavy atom. The number of nitrogens with zero attached hydrogens (tertiary/aromatic N) is 2. The summed E-state index contributed by atoms with van der Waals surface area (Å²) in [6.07, 6.45) is 0. The molecule has 0 atom stereocenters. The highest BCUT2D eigenvalue weighted by Crippen LogP contribution is 2.27. The molecular formula is C10H12ClN3. The van der Waals surface area contributed by atoms with Crippen molar-refractivity contribution in [2.24, 2.45) is 12.8 Å². The second-order valence-corrected chi connectivity index (χ2v) is 3.79. The molecule has 2 rings (SSSR count). The molecule has 2 aromatic rings. The third kappa shape index (κ3) is 1.29. The van der Waals surface area contributed by atoms with Gasteiger partial charge in [-0.3, -0.25) is 4.68 Å². The van der Waals surface area contributed by atoms with Crippen LogP contribution in [0.2, 0.25) is 5.02 Å². The van der Waals surface area contributed by atoms with Crippen LogP contribution in [0.1, 0.15) is 11.3 Å². The van der Waals surface area contributed by atoms with Gasteiger partial charge in [-0.15, -0.1) is 0 Å². The van der Waals surface area contributed by atoms with Gasteiger partial charge >= 0.3 is 0 Å². The number of aryl methyl sites for hydroxylation is 2. The number of halogens is 1. The van der Waals surface area contributed by atoms with Gasteiger partial charge in [0.2, 0.25) is 0 Å². The minimum atomic E-state index is 0.500. The summed E-state index contributed by atoms with van der Waals surface area (Å²) in [4.78, 5) is 0. The maximum atomic E-state index is 6.15. The molecular weight excluding hydrogens is 198 g/mol. The summed E-state index contributed by atoms with van der Waals surface area (Å²) in [5.41, 5.74) is 8.60. The summed E-state index contributed by atoms with van der Waals surface area (Å²) < 4.78 is 1.83. The van der Waals surface area contributed by atoms with Gasteiger partial charge in [0.25, 0.3) is 0 Å². The largest absolute Gasteiger partial charge is 0.326 e. The molecule has 0 aliphatic heterocycles. The van der Waals surface area contributed by atoms with E-state index in [1.807, 2.05) is 30.8 Å². The third-order valence-corrected chi connectivity index (χ3v) is 2.67. The first-order valence-corrected chi connectivity index (χ1v) is 4.83. The number of fused-ring (bicyclic) bond motifs is 1. The minimum Gasteiger partial charge on any atom is -0.326 e. The van der Waals surface area contributed by atoms with Gasteiger partial charge < -0.3 is 5.73 Å². The Kier molecular flexibility index (Phi) is 2.21. The summed E-state index contributed by atoms with van der Waals surface area (Å²) in [5.74, 6) is 0. The predicted molar refractivity (Wildman–Crippen MR) is 58.4 cm³/mol. The Morgan fingerprint density at radius 2 is 2.21 bits per heavy atom. The molecule has 1 aromatic carbocycles. The van der Waals surface area contributed by atoms with E-state index in [2.05, 4.69) is 5.10 Å². The van der Waals surface area contributed by atoms with Crippen LogP contribution in [-0.2, 0) is 13.6 Å². The summed E-state index contributed by atoms with van der Waals surface area (Å²) >= 11 is 6.15. The van der Waals surface area contributed by atoms with Crippen molar-refractivity contribution in [3.05, 3.63) is 28.4 Å². The number of hydrogen-bond donors (Lipinski definition) is 1. The molecule has 2 N–H and O–H groups in total.